The molecule has 2 aliphatic rings. The van der Waals surface area contributed by atoms with Crippen LogP contribution in [0.15, 0.2) is 35.8 Å². The normalized spacial score (nSPS) is 18.4. The van der Waals surface area contributed by atoms with E-state index < -0.39 is 5.82 Å². The van der Waals surface area contributed by atoms with Crippen LogP contribution in [0.2, 0.25) is 0 Å². The van der Waals surface area contributed by atoms with Crippen LogP contribution in [0, 0.1) is 12.7 Å². The number of piperazine rings is 1. The second-order valence-corrected chi connectivity index (χ2v) is 7.44. The van der Waals surface area contributed by atoms with E-state index in [-0.39, 0.29) is 12.1 Å². The summed E-state index contributed by atoms with van der Waals surface area (Å²) in [5.41, 5.74) is 0.623. The summed E-state index contributed by atoms with van der Waals surface area (Å²) in [6, 6.07) is 2.55. The van der Waals surface area contributed by atoms with E-state index in [1.807, 2.05) is 4.90 Å². The van der Waals surface area contributed by atoms with Crippen molar-refractivity contribution in [2.45, 2.75) is 19.4 Å². The van der Waals surface area contributed by atoms with Gasteiger partial charge < -0.3 is 9.80 Å². The van der Waals surface area contributed by atoms with Crippen molar-refractivity contribution in [3.63, 3.8) is 0 Å². The smallest absolute Gasteiger partial charge is 0.337 e. The van der Waals surface area contributed by atoms with Gasteiger partial charge in [-0.25, -0.2) is 19.2 Å². The van der Waals surface area contributed by atoms with Crippen molar-refractivity contribution in [2.75, 3.05) is 31.1 Å². The van der Waals surface area contributed by atoms with Gasteiger partial charge >= 0.3 is 6.03 Å². The maximum Gasteiger partial charge on any atom is 0.341 e. The van der Waals surface area contributed by atoms with Crippen LogP contribution in [0.1, 0.15) is 23.9 Å². The van der Waals surface area contributed by atoms with E-state index in [0.29, 0.717) is 55.8 Å². The predicted octanol–water partition coefficient (Wildman–Crippen LogP) is 0.970. The fraction of sp³-hybridized carbons (Fsp3) is 0.368. The van der Waals surface area contributed by atoms with Crippen LogP contribution in [0.25, 0.3) is 5.82 Å². The number of halogens is 1. The summed E-state index contributed by atoms with van der Waals surface area (Å²) in [4.78, 5) is 29.7. The summed E-state index contributed by atoms with van der Waals surface area (Å²) < 4.78 is 15.1. The van der Waals surface area contributed by atoms with Gasteiger partial charge in [0.15, 0.2) is 11.6 Å². The number of rotatable bonds is 3. The molecule has 0 bridgehead atoms. The maximum atomic E-state index is 13.6. The zero-order valence-electron chi connectivity index (χ0n) is 17.3. The lowest BCUT2D eigenvalue weighted by Crippen LogP contribution is -2.52. The first-order valence-corrected chi connectivity index (χ1v) is 10.1. The highest BCUT2D eigenvalue weighted by atomic mass is 19.1. The van der Waals surface area contributed by atoms with Crippen LogP contribution in [0.3, 0.4) is 0 Å². The Hall–Kier alpha value is -4.03. The molecule has 164 valence electrons. The van der Waals surface area contributed by atoms with Crippen molar-refractivity contribution >= 4 is 18.2 Å². The predicted molar refractivity (Wildman–Crippen MR) is 111 cm³/mol. The standard InChI is InChI=1S/C19H20FN11O/c1-13-25-26-27-30(13)17-3-4-22-18(24-17)28-6-8-29(9-7-28)19(32)31-16(2-5-23-31)14-10-15(20)12-21-11-14/h3-5,10-12,16H,2,6-9H2,1H3/t16-/m0/s1. The molecule has 3 aromatic heterocycles. The molecule has 5 rings (SSSR count). The molecule has 0 spiro atoms. The first kappa shape index (κ1) is 19.9. The van der Waals surface area contributed by atoms with E-state index in [0.717, 1.165) is 6.20 Å². The molecule has 32 heavy (non-hydrogen) atoms. The molecule has 0 N–H and O–H groups in total. The molecule has 2 aliphatic heterocycles. The van der Waals surface area contributed by atoms with Gasteiger partial charge in [0, 0.05) is 57.3 Å². The number of hydrazone groups is 1. The number of anilines is 1. The third kappa shape index (κ3) is 3.72. The summed E-state index contributed by atoms with van der Waals surface area (Å²) in [6.45, 7) is 3.88. The Labute approximate surface area is 182 Å². The first-order chi connectivity index (χ1) is 15.6. The topological polar surface area (TPSA) is 121 Å². The summed E-state index contributed by atoms with van der Waals surface area (Å²) in [5, 5.41) is 17.1. The zero-order valence-corrected chi connectivity index (χ0v) is 17.3. The van der Waals surface area contributed by atoms with Gasteiger partial charge in [-0.15, -0.1) is 5.10 Å². The number of hydrogen-bond donors (Lipinski definition) is 0. The Balaban J connectivity index is 1.25. The average molecular weight is 437 g/mol. The lowest BCUT2D eigenvalue weighted by Gasteiger charge is -2.37. The Kier molecular flexibility index (Phi) is 5.13. The summed E-state index contributed by atoms with van der Waals surface area (Å²) >= 11 is 0. The number of hydrogen-bond acceptors (Lipinski definition) is 9. The van der Waals surface area contributed by atoms with Crippen molar-refractivity contribution in [1.82, 2.24) is 45.1 Å². The monoisotopic (exact) mass is 437 g/mol. The van der Waals surface area contributed by atoms with E-state index in [9.17, 15) is 9.18 Å². The number of amides is 2. The van der Waals surface area contributed by atoms with E-state index in [4.69, 9.17) is 0 Å². The van der Waals surface area contributed by atoms with Gasteiger partial charge in [-0.2, -0.15) is 14.8 Å². The molecule has 0 unspecified atom stereocenters. The molecular weight excluding hydrogens is 417 g/mol. The highest BCUT2D eigenvalue weighted by Gasteiger charge is 2.33. The SMILES string of the molecule is Cc1nnnn1-c1ccnc(N2CCN(C(=O)N3N=CC[C@H]3c3cncc(F)c3)CC2)n1. The number of tetrazole rings is 1. The fourth-order valence-electron chi connectivity index (χ4n) is 3.78. The third-order valence-electron chi connectivity index (χ3n) is 5.44. The minimum atomic E-state index is -0.436. The van der Waals surface area contributed by atoms with Crippen LogP contribution < -0.4 is 4.90 Å². The van der Waals surface area contributed by atoms with Crippen LogP contribution in [0.4, 0.5) is 15.1 Å². The van der Waals surface area contributed by atoms with Crippen molar-refractivity contribution in [1.29, 1.82) is 0 Å². The first-order valence-electron chi connectivity index (χ1n) is 10.1. The van der Waals surface area contributed by atoms with Crippen molar-refractivity contribution in [3.05, 3.63) is 47.9 Å². The molecule has 3 aromatic rings. The number of aromatic nitrogens is 7. The second-order valence-electron chi connectivity index (χ2n) is 7.44. The van der Waals surface area contributed by atoms with Crippen molar-refractivity contribution in [3.8, 4) is 5.82 Å². The van der Waals surface area contributed by atoms with E-state index >= 15 is 0 Å². The quantitative estimate of drug-likeness (QED) is 0.594. The molecule has 0 radical (unpaired) electrons. The van der Waals surface area contributed by atoms with Crippen LogP contribution in [-0.2, 0) is 0 Å². The number of carbonyl (C=O) groups is 1. The minimum Gasteiger partial charge on any atom is -0.337 e. The van der Waals surface area contributed by atoms with Gasteiger partial charge in [0.1, 0.15) is 5.82 Å². The van der Waals surface area contributed by atoms with Gasteiger partial charge in [0.05, 0.1) is 12.2 Å². The van der Waals surface area contributed by atoms with Crippen LogP contribution >= 0.6 is 0 Å². The summed E-state index contributed by atoms with van der Waals surface area (Å²) in [7, 11) is 0. The fourth-order valence-corrected chi connectivity index (χ4v) is 3.78. The molecule has 2 amide bonds. The summed E-state index contributed by atoms with van der Waals surface area (Å²) in [6.07, 6.45) is 6.56. The molecule has 0 aliphatic carbocycles. The van der Waals surface area contributed by atoms with Gasteiger partial charge in [-0.1, -0.05) is 0 Å². The molecule has 1 atom stereocenters. The Morgan fingerprint density at radius 2 is 2.03 bits per heavy atom. The van der Waals surface area contributed by atoms with Crippen molar-refractivity contribution in [2.24, 2.45) is 5.10 Å². The maximum absolute atomic E-state index is 13.6. The third-order valence-corrected chi connectivity index (χ3v) is 5.44. The lowest BCUT2D eigenvalue weighted by atomic mass is 10.1. The largest absolute Gasteiger partial charge is 0.341 e. The number of carbonyl (C=O) groups excluding carboxylic acids is 1. The lowest BCUT2D eigenvalue weighted by molar-refractivity contribution is 0.139. The number of urea groups is 1. The number of nitrogens with zero attached hydrogens (tertiary/aromatic N) is 11. The van der Waals surface area contributed by atoms with Crippen LogP contribution in [-0.4, -0.2) is 83.5 Å². The van der Waals surface area contributed by atoms with Gasteiger partial charge in [0.2, 0.25) is 5.95 Å². The second kappa shape index (κ2) is 8.24. The van der Waals surface area contributed by atoms with Gasteiger partial charge in [0.25, 0.3) is 0 Å². The molecule has 5 heterocycles. The molecule has 0 saturated carbocycles. The van der Waals surface area contributed by atoms with Crippen molar-refractivity contribution < 1.29 is 9.18 Å². The van der Waals surface area contributed by atoms with Gasteiger partial charge in [-0.3, -0.25) is 4.98 Å². The Morgan fingerprint density at radius 1 is 1.19 bits per heavy atom. The Morgan fingerprint density at radius 3 is 2.78 bits per heavy atom. The molecule has 1 saturated heterocycles. The highest BCUT2D eigenvalue weighted by Crippen LogP contribution is 2.29. The molecule has 13 heteroatoms. The number of pyridine rings is 1. The minimum absolute atomic E-state index is 0.216. The van der Waals surface area contributed by atoms with Crippen LogP contribution in [0.5, 0.6) is 0 Å². The van der Waals surface area contributed by atoms with Gasteiger partial charge in [-0.05, 0) is 29.0 Å². The number of aryl methyl sites for hydroxylation is 1. The van der Waals surface area contributed by atoms with E-state index in [2.05, 4.69) is 35.6 Å². The zero-order chi connectivity index (χ0) is 22.1. The van der Waals surface area contributed by atoms with E-state index in [1.54, 1.807) is 36.5 Å². The Bertz CT molecular complexity index is 1160. The molecule has 0 aromatic carbocycles. The molecule has 12 nitrogen and oxygen atoms in total. The molecular formula is C19H20FN11O. The highest BCUT2D eigenvalue weighted by molar-refractivity contribution is 5.78. The van der Waals surface area contributed by atoms with E-state index in [1.165, 1.54) is 15.8 Å². The average Bonchev–Trinajstić information content (AvgIpc) is 3.48. The summed E-state index contributed by atoms with van der Waals surface area (Å²) in [5.74, 6) is 1.31. The molecule has 1 fully saturated rings.